The number of hydrogen-bond donors (Lipinski definition) is 3. The Kier molecular flexibility index (Phi) is 9.08. The number of benzene rings is 2. The van der Waals surface area contributed by atoms with E-state index in [1.54, 1.807) is 23.6 Å². The third kappa shape index (κ3) is 7.71. The SMILES string of the molecule is CN(C)CCNC(=O)C(Cc1ccccc1)NC(=O)c1csc(Nc2cc(Cl)ccc2Cl)n1. The number of halogens is 2. The number of rotatable bonds is 10. The Bertz CT molecular complexity index is 1090. The van der Waals surface area contributed by atoms with Crippen LogP contribution in [0.1, 0.15) is 16.1 Å². The summed E-state index contributed by atoms with van der Waals surface area (Å²) in [7, 11) is 3.86. The summed E-state index contributed by atoms with van der Waals surface area (Å²) in [4.78, 5) is 32.0. The molecule has 2 aromatic carbocycles. The van der Waals surface area contributed by atoms with E-state index in [1.807, 2.05) is 49.3 Å². The molecule has 10 heteroatoms. The summed E-state index contributed by atoms with van der Waals surface area (Å²) in [6, 6.07) is 13.9. The zero-order chi connectivity index (χ0) is 23.8. The third-order valence-electron chi connectivity index (χ3n) is 4.67. The van der Waals surface area contributed by atoms with E-state index in [1.165, 1.54) is 11.3 Å². The van der Waals surface area contributed by atoms with E-state index < -0.39 is 11.9 Å². The molecule has 0 radical (unpaired) electrons. The molecule has 174 valence electrons. The van der Waals surface area contributed by atoms with E-state index in [2.05, 4.69) is 20.9 Å². The van der Waals surface area contributed by atoms with Gasteiger partial charge >= 0.3 is 0 Å². The first-order valence-corrected chi connectivity index (χ1v) is 11.9. The van der Waals surface area contributed by atoms with Crippen LogP contribution in [0.5, 0.6) is 0 Å². The normalized spacial score (nSPS) is 11.8. The van der Waals surface area contributed by atoms with E-state index >= 15 is 0 Å². The van der Waals surface area contributed by atoms with Gasteiger partial charge in [-0.15, -0.1) is 11.3 Å². The van der Waals surface area contributed by atoms with Gasteiger partial charge in [-0.3, -0.25) is 9.59 Å². The molecule has 1 heterocycles. The molecule has 33 heavy (non-hydrogen) atoms. The number of hydrogen-bond acceptors (Lipinski definition) is 6. The highest BCUT2D eigenvalue weighted by atomic mass is 35.5. The van der Waals surface area contributed by atoms with Gasteiger partial charge in [-0.2, -0.15) is 0 Å². The Morgan fingerprint density at radius 2 is 1.88 bits per heavy atom. The summed E-state index contributed by atoms with van der Waals surface area (Å²) in [6.45, 7) is 1.18. The minimum Gasteiger partial charge on any atom is -0.353 e. The molecule has 0 saturated carbocycles. The van der Waals surface area contributed by atoms with Crippen molar-refractivity contribution in [3.8, 4) is 0 Å². The predicted molar refractivity (Wildman–Crippen MR) is 135 cm³/mol. The van der Waals surface area contributed by atoms with Gasteiger partial charge in [0.2, 0.25) is 5.91 Å². The Labute approximate surface area is 207 Å². The van der Waals surface area contributed by atoms with Crippen molar-refractivity contribution >= 4 is 57.2 Å². The number of amides is 2. The minimum atomic E-state index is -0.734. The Balaban J connectivity index is 1.69. The summed E-state index contributed by atoms with van der Waals surface area (Å²) in [6.07, 6.45) is 0.369. The van der Waals surface area contributed by atoms with Crippen LogP contribution in [0.15, 0.2) is 53.9 Å². The van der Waals surface area contributed by atoms with Crippen LogP contribution in [0, 0.1) is 0 Å². The van der Waals surface area contributed by atoms with Crippen LogP contribution in [0.25, 0.3) is 0 Å². The molecule has 0 saturated heterocycles. The maximum Gasteiger partial charge on any atom is 0.271 e. The lowest BCUT2D eigenvalue weighted by Crippen LogP contribution is -2.49. The van der Waals surface area contributed by atoms with E-state index in [9.17, 15) is 9.59 Å². The molecule has 0 aliphatic heterocycles. The fraction of sp³-hybridized carbons (Fsp3) is 0.261. The van der Waals surface area contributed by atoms with Gasteiger partial charge in [0.1, 0.15) is 11.7 Å². The highest BCUT2D eigenvalue weighted by molar-refractivity contribution is 7.14. The number of aromatic nitrogens is 1. The van der Waals surface area contributed by atoms with E-state index in [0.29, 0.717) is 40.4 Å². The van der Waals surface area contributed by atoms with Gasteiger partial charge in [-0.05, 0) is 37.9 Å². The molecular weight excluding hydrogens is 481 g/mol. The van der Waals surface area contributed by atoms with E-state index in [4.69, 9.17) is 23.2 Å². The molecule has 1 unspecified atom stereocenters. The van der Waals surface area contributed by atoms with Crippen LogP contribution in [0.4, 0.5) is 10.8 Å². The fourth-order valence-electron chi connectivity index (χ4n) is 2.96. The number of anilines is 2. The van der Waals surface area contributed by atoms with Crippen molar-refractivity contribution in [1.82, 2.24) is 20.5 Å². The Hall–Kier alpha value is -2.65. The number of thiazole rings is 1. The maximum absolute atomic E-state index is 12.9. The number of nitrogens with one attached hydrogen (secondary N) is 3. The second kappa shape index (κ2) is 12.0. The van der Waals surface area contributed by atoms with Gasteiger partial charge in [-0.25, -0.2) is 4.98 Å². The summed E-state index contributed by atoms with van der Waals surface area (Å²) in [5.41, 5.74) is 1.74. The number of carbonyl (C=O) groups excluding carboxylic acids is 2. The first-order valence-electron chi connectivity index (χ1n) is 10.3. The van der Waals surface area contributed by atoms with Crippen LogP contribution in [-0.2, 0) is 11.2 Å². The van der Waals surface area contributed by atoms with Gasteiger partial charge in [-0.1, -0.05) is 53.5 Å². The molecule has 0 spiro atoms. The monoisotopic (exact) mass is 505 g/mol. The maximum atomic E-state index is 12.9. The topological polar surface area (TPSA) is 86.4 Å². The van der Waals surface area contributed by atoms with Crippen LogP contribution in [-0.4, -0.2) is 54.9 Å². The molecular formula is C23H25Cl2N5O2S. The zero-order valence-corrected chi connectivity index (χ0v) is 20.6. The number of carbonyl (C=O) groups is 2. The largest absolute Gasteiger partial charge is 0.353 e. The van der Waals surface area contributed by atoms with Crippen LogP contribution in [0.2, 0.25) is 10.0 Å². The number of nitrogens with zero attached hydrogens (tertiary/aromatic N) is 2. The summed E-state index contributed by atoms with van der Waals surface area (Å²) >= 11 is 13.5. The second-order valence-electron chi connectivity index (χ2n) is 7.60. The standard InChI is InChI=1S/C23H25Cl2N5O2S/c1-30(2)11-10-26-21(31)19(12-15-6-4-3-5-7-15)27-22(32)20-14-33-23(29-20)28-18-13-16(24)8-9-17(18)25/h3-9,13-14,19H,10-12H2,1-2H3,(H,26,31)(H,27,32)(H,28,29). The van der Waals surface area contributed by atoms with E-state index in [-0.39, 0.29) is 11.6 Å². The van der Waals surface area contributed by atoms with Gasteiger partial charge in [0, 0.05) is 29.9 Å². The number of likely N-dealkylation sites (N-methyl/N-ethyl adjacent to an activating group) is 1. The molecule has 3 rings (SSSR count). The molecule has 0 aliphatic rings. The molecule has 2 amide bonds. The lowest BCUT2D eigenvalue weighted by Gasteiger charge is -2.19. The molecule has 0 aliphatic carbocycles. The quantitative estimate of drug-likeness (QED) is 0.384. The molecule has 1 aromatic heterocycles. The Morgan fingerprint density at radius 1 is 1.12 bits per heavy atom. The lowest BCUT2D eigenvalue weighted by molar-refractivity contribution is -0.123. The summed E-state index contributed by atoms with van der Waals surface area (Å²) in [5, 5.41) is 11.9. The molecule has 7 nitrogen and oxygen atoms in total. The smallest absolute Gasteiger partial charge is 0.271 e. The summed E-state index contributed by atoms with van der Waals surface area (Å²) < 4.78 is 0. The molecule has 3 aromatic rings. The van der Waals surface area contributed by atoms with Crippen molar-refractivity contribution in [2.45, 2.75) is 12.5 Å². The zero-order valence-electron chi connectivity index (χ0n) is 18.3. The van der Waals surface area contributed by atoms with Crippen molar-refractivity contribution in [3.05, 3.63) is 75.2 Å². The molecule has 0 bridgehead atoms. The minimum absolute atomic E-state index is 0.208. The highest BCUT2D eigenvalue weighted by Gasteiger charge is 2.23. The lowest BCUT2D eigenvalue weighted by atomic mass is 10.1. The first-order chi connectivity index (χ1) is 15.8. The third-order valence-corrected chi connectivity index (χ3v) is 5.99. The van der Waals surface area contributed by atoms with Crippen LogP contribution in [0.3, 0.4) is 0 Å². The molecule has 3 N–H and O–H groups in total. The van der Waals surface area contributed by atoms with Gasteiger partial charge < -0.3 is 20.9 Å². The summed E-state index contributed by atoms with van der Waals surface area (Å²) in [5.74, 6) is -0.673. The Morgan fingerprint density at radius 3 is 2.61 bits per heavy atom. The average molecular weight is 506 g/mol. The van der Waals surface area contributed by atoms with Crippen molar-refractivity contribution in [1.29, 1.82) is 0 Å². The van der Waals surface area contributed by atoms with Crippen molar-refractivity contribution in [3.63, 3.8) is 0 Å². The van der Waals surface area contributed by atoms with Crippen LogP contribution >= 0.6 is 34.5 Å². The molecule has 1 atom stereocenters. The average Bonchev–Trinajstić information content (AvgIpc) is 3.25. The van der Waals surface area contributed by atoms with Gasteiger partial charge in [0.25, 0.3) is 5.91 Å². The second-order valence-corrected chi connectivity index (χ2v) is 9.30. The molecule has 0 fully saturated rings. The predicted octanol–water partition coefficient (Wildman–Crippen LogP) is 4.21. The fourth-order valence-corrected chi connectivity index (χ4v) is 4.00. The van der Waals surface area contributed by atoms with Crippen molar-refractivity contribution < 1.29 is 9.59 Å². The van der Waals surface area contributed by atoms with Crippen LogP contribution < -0.4 is 16.0 Å². The highest BCUT2D eigenvalue weighted by Crippen LogP contribution is 2.29. The van der Waals surface area contributed by atoms with Crippen molar-refractivity contribution in [2.75, 3.05) is 32.5 Å². The van der Waals surface area contributed by atoms with Gasteiger partial charge in [0.15, 0.2) is 5.13 Å². The first kappa shape index (κ1) is 25.0. The van der Waals surface area contributed by atoms with Crippen molar-refractivity contribution in [2.24, 2.45) is 0 Å². The van der Waals surface area contributed by atoms with Gasteiger partial charge in [0.05, 0.1) is 10.7 Å². The van der Waals surface area contributed by atoms with E-state index in [0.717, 1.165) is 5.56 Å².